The van der Waals surface area contributed by atoms with Crippen LogP contribution >= 0.6 is 35.3 Å². The minimum Gasteiger partial charge on any atom is -0.364 e. The first-order chi connectivity index (χ1) is 13.8. The lowest BCUT2D eigenvalue weighted by atomic mass is 10.0. The molecule has 1 saturated heterocycles. The van der Waals surface area contributed by atoms with Crippen LogP contribution in [0.4, 0.5) is 0 Å². The van der Waals surface area contributed by atoms with Crippen LogP contribution in [0.1, 0.15) is 40.5 Å². The number of aliphatic imine (C=N–C) groups is 1. The van der Waals surface area contributed by atoms with Crippen LogP contribution < -0.4 is 5.32 Å². The first-order valence-corrected chi connectivity index (χ1v) is 11.2. The molecule has 0 amide bonds. The van der Waals surface area contributed by atoms with E-state index < -0.39 is 0 Å². The van der Waals surface area contributed by atoms with Crippen molar-refractivity contribution in [2.24, 2.45) is 4.99 Å². The molecule has 4 rings (SSSR count). The Morgan fingerprint density at radius 2 is 2.07 bits per heavy atom. The van der Waals surface area contributed by atoms with Crippen LogP contribution in [0, 0.1) is 0 Å². The first kappa shape index (κ1) is 22.5. The zero-order chi connectivity index (χ0) is 19.2. The molecule has 3 heterocycles. The number of rotatable bonds is 6. The molecule has 9 heteroatoms. The van der Waals surface area contributed by atoms with Gasteiger partial charge in [0.15, 0.2) is 5.96 Å². The molecular weight excluding hydrogens is 499 g/mol. The second-order valence-corrected chi connectivity index (χ2v) is 8.68. The number of aromatic nitrogens is 2. The number of piperazine rings is 1. The number of nitrogens with one attached hydrogen (secondary N) is 1. The van der Waals surface area contributed by atoms with Crippen molar-refractivity contribution >= 4 is 41.3 Å². The van der Waals surface area contributed by atoms with Crippen LogP contribution in [0.2, 0.25) is 0 Å². The van der Waals surface area contributed by atoms with Gasteiger partial charge < -0.3 is 14.7 Å². The molecule has 0 saturated carbocycles. The van der Waals surface area contributed by atoms with Crippen LogP contribution in [-0.4, -0.2) is 65.7 Å². The van der Waals surface area contributed by atoms with Gasteiger partial charge in [-0.2, -0.15) is 0 Å². The summed E-state index contributed by atoms with van der Waals surface area (Å²) in [5.74, 6) is 1.01. The quantitative estimate of drug-likeness (QED) is 0.268. The summed E-state index contributed by atoms with van der Waals surface area (Å²) in [6, 6.07) is 1.94. The summed E-state index contributed by atoms with van der Waals surface area (Å²) in [5.41, 5.74) is 2.37. The molecule has 2 aromatic rings. The molecule has 0 unspecified atom stereocenters. The van der Waals surface area contributed by atoms with Gasteiger partial charge in [-0.15, -0.1) is 35.3 Å². The lowest BCUT2D eigenvalue weighted by molar-refractivity contribution is 0.169. The highest BCUT2D eigenvalue weighted by Crippen LogP contribution is 2.27. The van der Waals surface area contributed by atoms with Gasteiger partial charge in [0.05, 0.1) is 16.4 Å². The molecule has 29 heavy (non-hydrogen) atoms. The average molecular weight is 530 g/mol. The lowest BCUT2D eigenvalue weighted by Gasteiger charge is -2.36. The fourth-order valence-electron chi connectivity index (χ4n) is 3.95. The highest BCUT2D eigenvalue weighted by molar-refractivity contribution is 14.0. The largest absolute Gasteiger partial charge is 0.364 e. The van der Waals surface area contributed by atoms with E-state index in [1.54, 1.807) is 6.26 Å². The molecule has 2 aromatic heterocycles. The molecule has 1 N–H and O–H groups in total. The Morgan fingerprint density at radius 3 is 2.79 bits per heavy atom. The van der Waals surface area contributed by atoms with Gasteiger partial charge >= 0.3 is 0 Å². The second-order valence-electron chi connectivity index (χ2n) is 7.52. The molecular formula is C20H31IN6OS. The van der Waals surface area contributed by atoms with Crippen molar-refractivity contribution in [2.75, 3.05) is 39.8 Å². The van der Waals surface area contributed by atoms with E-state index in [1.165, 1.54) is 41.3 Å². The SMILES string of the molecule is CN=C(NCCCc1nc2c(s1)CCCC2)N1CCN(Cc2ccon2)CC1.I. The Morgan fingerprint density at radius 1 is 1.24 bits per heavy atom. The van der Waals surface area contributed by atoms with Gasteiger partial charge in [-0.1, -0.05) is 5.16 Å². The van der Waals surface area contributed by atoms with E-state index in [-0.39, 0.29) is 24.0 Å². The van der Waals surface area contributed by atoms with E-state index in [0.717, 1.165) is 63.8 Å². The number of halogens is 1. The van der Waals surface area contributed by atoms with Crippen LogP contribution in [0.15, 0.2) is 21.8 Å². The summed E-state index contributed by atoms with van der Waals surface area (Å²) >= 11 is 1.93. The van der Waals surface area contributed by atoms with Crippen molar-refractivity contribution in [2.45, 2.75) is 45.1 Å². The predicted molar refractivity (Wildman–Crippen MR) is 127 cm³/mol. The van der Waals surface area contributed by atoms with E-state index in [0.29, 0.717) is 0 Å². The van der Waals surface area contributed by atoms with Gasteiger partial charge in [0.2, 0.25) is 0 Å². The fourth-order valence-corrected chi connectivity index (χ4v) is 5.15. The minimum atomic E-state index is 0. The number of guanidine groups is 1. The number of aryl methyl sites for hydroxylation is 3. The summed E-state index contributed by atoms with van der Waals surface area (Å²) < 4.78 is 4.92. The zero-order valence-corrected chi connectivity index (χ0v) is 20.2. The van der Waals surface area contributed by atoms with Gasteiger partial charge in [-0.3, -0.25) is 9.89 Å². The van der Waals surface area contributed by atoms with Gasteiger partial charge in [0.1, 0.15) is 6.26 Å². The molecule has 2 aliphatic rings. The van der Waals surface area contributed by atoms with Gasteiger partial charge in [0, 0.05) is 63.7 Å². The molecule has 0 aromatic carbocycles. The molecule has 1 aliphatic carbocycles. The first-order valence-electron chi connectivity index (χ1n) is 10.4. The van der Waals surface area contributed by atoms with Gasteiger partial charge in [-0.25, -0.2) is 4.98 Å². The maximum Gasteiger partial charge on any atom is 0.193 e. The number of thiazole rings is 1. The molecule has 160 valence electrons. The molecule has 0 bridgehead atoms. The molecule has 0 atom stereocenters. The van der Waals surface area contributed by atoms with Crippen LogP contribution in [0.3, 0.4) is 0 Å². The van der Waals surface area contributed by atoms with Crippen molar-refractivity contribution in [3.63, 3.8) is 0 Å². The second kappa shape index (κ2) is 11.3. The van der Waals surface area contributed by atoms with Crippen LogP contribution in [0.5, 0.6) is 0 Å². The van der Waals surface area contributed by atoms with E-state index in [2.05, 4.69) is 25.3 Å². The molecule has 1 aliphatic heterocycles. The smallest absolute Gasteiger partial charge is 0.193 e. The monoisotopic (exact) mass is 530 g/mol. The topological polar surface area (TPSA) is 69.8 Å². The Kier molecular flexibility index (Phi) is 8.73. The number of fused-ring (bicyclic) bond motifs is 1. The van der Waals surface area contributed by atoms with Crippen molar-refractivity contribution in [3.05, 3.63) is 33.6 Å². The van der Waals surface area contributed by atoms with Crippen molar-refractivity contribution in [1.29, 1.82) is 0 Å². The Balaban J connectivity index is 0.00000240. The molecule has 7 nitrogen and oxygen atoms in total. The summed E-state index contributed by atoms with van der Waals surface area (Å²) in [7, 11) is 1.87. The highest BCUT2D eigenvalue weighted by Gasteiger charge is 2.20. The standard InChI is InChI=1S/C20H30N6OS.HI/c1-21-20(26-12-10-25(11-13-26)15-16-8-14-27-24-16)22-9-4-7-19-23-17-5-2-3-6-18(17)28-19;/h8,14H,2-7,9-13,15H2,1H3,(H,21,22);1H. The Bertz CT molecular complexity index is 747. The summed E-state index contributed by atoms with van der Waals surface area (Å²) in [4.78, 5) is 15.6. The molecule has 0 radical (unpaired) electrons. The number of hydrogen-bond donors (Lipinski definition) is 1. The van der Waals surface area contributed by atoms with Crippen molar-refractivity contribution in [1.82, 2.24) is 25.3 Å². The van der Waals surface area contributed by atoms with E-state index in [9.17, 15) is 0 Å². The van der Waals surface area contributed by atoms with Crippen LogP contribution in [0.25, 0.3) is 0 Å². The van der Waals surface area contributed by atoms with Crippen molar-refractivity contribution < 1.29 is 4.52 Å². The predicted octanol–water partition coefficient (Wildman–Crippen LogP) is 2.95. The molecule has 0 spiro atoms. The zero-order valence-electron chi connectivity index (χ0n) is 17.1. The summed E-state index contributed by atoms with van der Waals surface area (Å²) in [6.07, 6.45) is 8.85. The third-order valence-corrected chi connectivity index (χ3v) is 6.72. The highest BCUT2D eigenvalue weighted by atomic mass is 127. The number of hydrogen-bond acceptors (Lipinski definition) is 6. The maximum absolute atomic E-state index is 4.92. The summed E-state index contributed by atoms with van der Waals surface area (Å²) in [6.45, 7) is 5.79. The van der Waals surface area contributed by atoms with E-state index in [4.69, 9.17) is 9.51 Å². The number of nitrogens with zero attached hydrogens (tertiary/aromatic N) is 5. The fraction of sp³-hybridized carbons (Fsp3) is 0.650. The van der Waals surface area contributed by atoms with E-state index in [1.807, 2.05) is 24.5 Å². The lowest BCUT2D eigenvalue weighted by Crippen LogP contribution is -2.52. The minimum absolute atomic E-state index is 0. The van der Waals surface area contributed by atoms with Crippen LogP contribution in [-0.2, 0) is 25.8 Å². The van der Waals surface area contributed by atoms with Crippen molar-refractivity contribution in [3.8, 4) is 0 Å². The normalized spacial score (nSPS) is 17.7. The third kappa shape index (κ3) is 6.14. The average Bonchev–Trinajstić information content (AvgIpc) is 3.38. The Labute approximate surface area is 194 Å². The summed E-state index contributed by atoms with van der Waals surface area (Å²) in [5, 5.41) is 8.85. The third-order valence-electron chi connectivity index (χ3n) is 5.50. The molecule has 1 fully saturated rings. The van der Waals surface area contributed by atoms with E-state index >= 15 is 0 Å². The Hall–Kier alpha value is -1.20. The maximum atomic E-state index is 4.92. The van der Waals surface area contributed by atoms with Gasteiger partial charge in [-0.05, 0) is 32.1 Å². The van der Waals surface area contributed by atoms with Gasteiger partial charge in [0.25, 0.3) is 0 Å².